The maximum Gasteiger partial charge on any atom is 0.263 e. The van der Waals surface area contributed by atoms with Gasteiger partial charge < -0.3 is 9.84 Å². The number of aromatic nitrogens is 3. The van der Waals surface area contributed by atoms with E-state index in [1.807, 2.05) is 18.2 Å². The average molecular weight is 540 g/mol. The van der Waals surface area contributed by atoms with Crippen molar-refractivity contribution in [1.82, 2.24) is 14.5 Å². The Morgan fingerprint density at radius 3 is 2.85 bits per heavy atom. The summed E-state index contributed by atoms with van der Waals surface area (Å²) in [6.07, 6.45) is 4.02. The summed E-state index contributed by atoms with van der Waals surface area (Å²) in [6.45, 7) is 0.387. The van der Waals surface area contributed by atoms with Gasteiger partial charge in [-0.15, -0.1) is 22.7 Å². The molecule has 0 amide bonds. The molecule has 6 nitrogen and oxygen atoms in total. The largest absolute Gasteiger partial charge is 0.505 e. The van der Waals surface area contributed by atoms with E-state index in [-0.39, 0.29) is 11.3 Å². The Hall–Kier alpha value is -2.75. The molecule has 3 aromatic heterocycles. The molecule has 1 N–H and O–H groups in total. The predicted molar refractivity (Wildman–Crippen MR) is 136 cm³/mol. The van der Waals surface area contributed by atoms with E-state index >= 15 is 0 Å². The van der Waals surface area contributed by atoms with Gasteiger partial charge in [-0.1, -0.05) is 6.07 Å². The first-order chi connectivity index (χ1) is 16.0. The van der Waals surface area contributed by atoms with E-state index in [0.717, 1.165) is 40.0 Å². The zero-order valence-electron chi connectivity index (χ0n) is 17.5. The van der Waals surface area contributed by atoms with Crippen molar-refractivity contribution in [3.05, 3.63) is 67.3 Å². The number of rotatable bonds is 5. The summed E-state index contributed by atoms with van der Waals surface area (Å²) in [5, 5.41) is 11.9. The molecule has 5 aromatic rings. The second-order valence-electron chi connectivity index (χ2n) is 8.08. The minimum atomic E-state index is -0.117. The number of methoxy groups -OCH3 is 1. The van der Waals surface area contributed by atoms with Gasteiger partial charge in [-0.2, -0.15) is 0 Å². The molecule has 0 unspecified atom stereocenters. The Balaban J connectivity index is 1.68. The van der Waals surface area contributed by atoms with Crippen molar-refractivity contribution in [3.8, 4) is 22.9 Å². The summed E-state index contributed by atoms with van der Waals surface area (Å²) in [4.78, 5) is 24.7. The van der Waals surface area contributed by atoms with Crippen molar-refractivity contribution < 1.29 is 9.84 Å². The Labute approximate surface area is 205 Å². The lowest BCUT2D eigenvalue weighted by atomic mass is 10.0. The fourth-order valence-corrected chi connectivity index (χ4v) is 6.37. The number of ether oxygens (including phenoxy) is 1. The van der Waals surface area contributed by atoms with Crippen molar-refractivity contribution in [1.29, 1.82) is 0 Å². The number of thiazole rings is 1. The molecular weight excluding hydrogens is 522 g/mol. The zero-order valence-corrected chi connectivity index (χ0v) is 20.8. The highest BCUT2D eigenvalue weighted by Crippen LogP contribution is 2.46. The molecule has 33 heavy (non-hydrogen) atoms. The lowest BCUT2D eigenvalue weighted by Crippen LogP contribution is -2.23. The van der Waals surface area contributed by atoms with Crippen molar-refractivity contribution >= 4 is 58.9 Å². The second kappa shape index (κ2) is 7.93. The summed E-state index contributed by atoms with van der Waals surface area (Å²) < 4.78 is 8.47. The van der Waals surface area contributed by atoms with Crippen LogP contribution in [0.15, 0.2) is 51.3 Å². The number of hydrogen-bond acceptors (Lipinski definition) is 7. The number of aromatic hydroxyl groups is 1. The van der Waals surface area contributed by atoms with Crippen LogP contribution in [-0.4, -0.2) is 26.8 Å². The molecule has 1 saturated carbocycles. The molecule has 0 radical (unpaired) electrons. The van der Waals surface area contributed by atoms with Crippen LogP contribution in [0.25, 0.3) is 31.7 Å². The lowest BCUT2D eigenvalue weighted by Gasteiger charge is -2.16. The molecule has 0 bridgehead atoms. The molecule has 2 aromatic carbocycles. The fourth-order valence-electron chi connectivity index (χ4n) is 4.22. The normalized spacial score (nSPS) is 13.8. The molecule has 0 spiro atoms. The molecule has 1 aliphatic carbocycles. The van der Waals surface area contributed by atoms with Crippen LogP contribution < -0.4 is 10.3 Å². The van der Waals surface area contributed by atoms with Crippen molar-refractivity contribution in [2.24, 2.45) is 0 Å². The smallest absolute Gasteiger partial charge is 0.263 e. The van der Waals surface area contributed by atoms with E-state index in [1.54, 1.807) is 29.5 Å². The minimum Gasteiger partial charge on any atom is -0.505 e. The molecule has 3 heterocycles. The van der Waals surface area contributed by atoms with E-state index < -0.39 is 0 Å². The number of phenolic OH excluding ortho intramolecular Hbond substituents is 1. The van der Waals surface area contributed by atoms with Gasteiger partial charge in [0.1, 0.15) is 22.2 Å². The van der Waals surface area contributed by atoms with E-state index in [2.05, 4.69) is 27.0 Å². The highest BCUT2D eigenvalue weighted by molar-refractivity contribution is 9.10. The first-order valence-electron chi connectivity index (χ1n) is 10.5. The fraction of sp³-hybridized carbons (Fsp3) is 0.208. The molecular formula is C24H18BrN3O3S2. The Morgan fingerprint density at radius 2 is 2.12 bits per heavy atom. The molecule has 9 heteroatoms. The molecule has 166 valence electrons. The lowest BCUT2D eigenvalue weighted by molar-refractivity contribution is 0.414. The Bertz CT molecular complexity index is 1590. The van der Waals surface area contributed by atoms with Gasteiger partial charge in [0.05, 0.1) is 33.7 Å². The predicted octanol–water partition coefficient (Wildman–Crippen LogP) is 6.14. The molecule has 0 saturated heterocycles. The van der Waals surface area contributed by atoms with Crippen LogP contribution in [-0.2, 0) is 6.54 Å². The van der Waals surface area contributed by atoms with Crippen LogP contribution in [0.1, 0.15) is 29.2 Å². The molecule has 0 aliphatic heterocycles. The first-order valence-corrected chi connectivity index (χ1v) is 12.9. The number of benzene rings is 2. The van der Waals surface area contributed by atoms with Crippen LogP contribution in [0.3, 0.4) is 0 Å². The zero-order chi connectivity index (χ0) is 22.7. The van der Waals surface area contributed by atoms with Gasteiger partial charge >= 0.3 is 0 Å². The SMILES string of the molecule is COc1ccc(-c2nc3sc4c(O)c(Br)ccc4c3c(=O)n2Cc2cncs2)c(C2CC2)c1. The van der Waals surface area contributed by atoms with E-state index in [9.17, 15) is 9.90 Å². The van der Waals surface area contributed by atoms with Gasteiger partial charge in [-0.3, -0.25) is 14.3 Å². The number of nitrogens with zero attached hydrogens (tertiary/aromatic N) is 3. The van der Waals surface area contributed by atoms with Gasteiger partial charge in [0.15, 0.2) is 0 Å². The monoisotopic (exact) mass is 539 g/mol. The summed E-state index contributed by atoms with van der Waals surface area (Å²) in [5.74, 6) is 2.01. The maximum atomic E-state index is 13.9. The second-order valence-corrected chi connectivity index (χ2v) is 10.9. The quantitative estimate of drug-likeness (QED) is 0.290. The highest BCUT2D eigenvalue weighted by Gasteiger charge is 2.29. The summed E-state index contributed by atoms with van der Waals surface area (Å²) >= 11 is 6.23. The number of fused-ring (bicyclic) bond motifs is 3. The summed E-state index contributed by atoms with van der Waals surface area (Å²) in [5.41, 5.74) is 3.76. The van der Waals surface area contributed by atoms with Crippen LogP contribution in [0.2, 0.25) is 0 Å². The van der Waals surface area contributed by atoms with Crippen LogP contribution in [0.4, 0.5) is 0 Å². The van der Waals surface area contributed by atoms with Crippen LogP contribution in [0, 0.1) is 0 Å². The van der Waals surface area contributed by atoms with Gasteiger partial charge in [0.2, 0.25) is 0 Å². The van der Waals surface area contributed by atoms with Gasteiger partial charge in [-0.05, 0) is 64.5 Å². The van der Waals surface area contributed by atoms with E-state index in [0.29, 0.717) is 37.7 Å². The summed E-state index contributed by atoms with van der Waals surface area (Å²) in [6, 6.07) is 9.61. The van der Waals surface area contributed by atoms with Crippen molar-refractivity contribution in [2.45, 2.75) is 25.3 Å². The third-order valence-electron chi connectivity index (χ3n) is 6.00. The molecule has 6 rings (SSSR count). The Kier molecular flexibility index (Phi) is 5.01. The molecule has 1 aliphatic rings. The standard InChI is InChI=1S/C24H18BrN3O3S2/c1-31-13-4-5-15(17(8-13)12-2-3-12)22-27-23-19(16-6-7-18(25)20(29)21(16)33-23)24(30)28(22)10-14-9-26-11-32-14/h4-9,11-12,29H,2-3,10H2,1H3. The molecule has 1 fully saturated rings. The van der Waals surface area contributed by atoms with E-state index in [1.165, 1.54) is 22.7 Å². The van der Waals surface area contributed by atoms with Gasteiger partial charge in [0, 0.05) is 22.0 Å². The van der Waals surface area contributed by atoms with Crippen molar-refractivity contribution in [2.75, 3.05) is 7.11 Å². The van der Waals surface area contributed by atoms with Crippen molar-refractivity contribution in [3.63, 3.8) is 0 Å². The first kappa shape index (κ1) is 20.8. The number of hydrogen-bond donors (Lipinski definition) is 1. The summed E-state index contributed by atoms with van der Waals surface area (Å²) in [7, 11) is 1.66. The maximum absolute atomic E-state index is 13.9. The van der Waals surface area contributed by atoms with Crippen LogP contribution in [0.5, 0.6) is 11.5 Å². The average Bonchev–Trinajstić information content (AvgIpc) is 3.41. The topological polar surface area (TPSA) is 77.2 Å². The molecule has 0 atom stereocenters. The third kappa shape index (κ3) is 3.46. The number of phenols is 1. The minimum absolute atomic E-state index is 0.117. The number of halogens is 1. The third-order valence-corrected chi connectivity index (χ3v) is 8.51. The Morgan fingerprint density at radius 1 is 1.27 bits per heavy atom. The highest BCUT2D eigenvalue weighted by atomic mass is 79.9. The van der Waals surface area contributed by atoms with Gasteiger partial charge in [-0.25, -0.2) is 4.98 Å². The van der Waals surface area contributed by atoms with E-state index in [4.69, 9.17) is 9.72 Å². The van der Waals surface area contributed by atoms with Crippen LogP contribution >= 0.6 is 38.6 Å². The van der Waals surface area contributed by atoms with Gasteiger partial charge in [0.25, 0.3) is 5.56 Å². The number of thiophene rings is 1.